The third-order valence-electron chi connectivity index (χ3n) is 0.981. The van der Waals surface area contributed by atoms with Gasteiger partial charge in [-0.3, -0.25) is 8.74 Å². The first-order valence-electron chi connectivity index (χ1n) is 3.56. The summed E-state index contributed by atoms with van der Waals surface area (Å²) in [5.41, 5.74) is 0. The number of nitrogens with zero attached hydrogens (tertiary/aromatic N) is 1. The first-order chi connectivity index (χ1) is 5.62. The number of aliphatic hydroxyl groups is 1. The molecule has 0 spiro atoms. The van der Waals surface area contributed by atoms with Crippen molar-refractivity contribution in [3.8, 4) is 0 Å². The molecule has 0 aliphatic heterocycles. The molecule has 0 fully saturated rings. The zero-order chi connectivity index (χ0) is 11.1. The predicted molar refractivity (Wildman–Crippen MR) is 48.5 cm³/mol. The van der Waals surface area contributed by atoms with Crippen LogP contribution in [0.25, 0.3) is 0 Å². The molecule has 0 saturated carbocycles. The van der Waals surface area contributed by atoms with Crippen LogP contribution in [-0.4, -0.2) is 64.0 Å². The zero-order valence-electron chi connectivity index (χ0n) is 8.39. The van der Waals surface area contributed by atoms with Crippen molar-refractivity contribution >= 4 is 10.4 Å². The van der Waals surface area contributed by atoms with Crippen LogP contribution in [0.4, 0.5) is 0 Å². The van der Waals surface area contributed by atoms with Crippen molar-refractivity contribution in [3.05, 3.63) is 0 Å². The zero-order valence-corrected chi connectivity index (χ0v) is 9.21. The molecule has 2 N–H and O–H groups in total. The summed E-state index contributed by atoms with van der Waals surface area (Å²) in [5.74, 6) is 0. The van der Waals surface area contributed by atoms with Crippen molar-refractivity contribution in [1.82, 2.24) is 0 Å². The van der Waals surface area contributed by atoms with Crippen LogP contribution in [0.5, 0.6) is 0 Å². The van der Waals surface area contributed by atoms with E-state index in [4.69, 9.17) is 9.66 Å². The SMILES string of the molecule is COS(=O)(=O)O.C[N+](C)(C)CCO. The van der Waals surface area contributed by atoms with Gasteiger partial charge in [0.2, 0.25) is 0 Å². The van der Waals surface area contributed by atoms with Crippen molar-refractivity contribution in [3.63, 3.8) is 0 Å². The van der Waals surface area contributed by atoms with E-state index in [1.165, 1.54) is 0 Å². The molecular formula is C6H18NO5S+. The number of hydrogen-bond acceptors (Lipinski definition) is 4. The average molecular weight is 216 g/mol. The molecule has 0 atom stereocenters. The maximum absolute atomic E-state index is 9.33. The summed E-state index contributed by atoms with van der Waals surface area (Å²) in [6, 6.07) is 0. The van der Waals surface area contributed by atoms with Crippen molar-refractivity contribution in [2.75, 3.05) is 41.4 Å². The van der Waals surface area contributed by atoms with Gasteiger partial charge in [-0.2, -0.15) is 8.42 Å². The third kappa shape index (κ3) is 24.5. The summed E-state index contributed by atoms with van der Waals surface area (Å²) in [7, 11) is 2.86. The smallest absolute Gasteiger partial charge is 0.391 e. The fraction of sp³-hybridized carbons (Fsp3) is 1.00. The molecule has 82 valence electrons. The highest BCUT2D eigenvalue weighted by Gasteiger charge is 2.02. The van der Waals surface area contributed by atoms with Crippen LogP contribution in [0.15, 0.2) is 0 Å². The Hall–Kier alpha value is -0.210. The van der Waals surface area contributed by atoms with Crippen molar-refractivity contribution in [1.29, 1.82) is 0 Å². The normalized spacial score (nSPS) is 11.8. The number of quaternary nitrogens is 1. The highest BCUT2D eigenvalue weighted by Crippen LogP contribution is 1.84. The molecule has 0 amide bonds. The lowest BCUT2D eigenvalue weighted by Gasteiger charge is -2.21. The average Bonchev–Trinajstić information content (AvgIpc) is 1.84. The van der Waals surface area contributed by atoms with E-state index in [1.54, 1.807) is 0 Å². The Balaban J connectivity index is 0. The minimum absolute atomic E-state index is 0.281. The van der Waals surface area contributed by atoms with Gasteiger partial charge in [0.1, 0.15) is 6.54 Å². The maximum atomic E-state index is 9.33. The topological polar surface area (TPSA) is 83.8 Å². The van der Waals surface area contributed by atoms with Gasteiger partial charge in [-0.25, -0.2) is 0 Å². The highest BCUT2D eigenvalue weighted by molar-refractivity contribution is 7.80. The maximum Gasteiger partial charge on any atom is 0.397 e. The lowest BCUT2D eigenvalue weighted by atomic mass is 10.5. The molecular weight excluding hydrogens is 198 g/mol. The Morgan fingerprint density at radius 2 is 1.62 bits per heavy atom. The summed E-state index contributed by atoms with van der Waals surface area (Å²) in [5, 5.41) is 8.39. The molecule has 7 heteroatoms. The lowest BCUT2D eigenvalue weighted by Crippen LogP contribution is -2.36. The van der Waals surface area contributed by atoms with E-state index in [2.05, 4.69) is 25.3 Å². The van der Waals surface area contributed by atoms with E-state index in [9.17, 15) is 8.42 Å². The van der Waals surface area contributed by atoms with Crippen LogP contribution in [0.3, 0.4) is 0 Å². The number of likely N-dealkylation sites (N-methyl/N-ethyl adjacent to an activating group) is 1. The Morgan fingerprint density at radius 1 is 1.31 bits per heavy atom. The summed E-state index contributed by atoms with van der Waals surface area (Å²) < 4.78 is 30.6. The molecule has 0 rings (SSSR count). The molecule has 0 unspecified atom stereocenters. The van der Waals surface area contributed by atoms with E-state index in [0.29, 0.717) is 0 Å². The van der Waals surface area contributed by atoms with Gasteiger partial charge < -0.3 is 9.59 Å². The van der Waals surface area contributed by atoms with Crippen LogP contribution in [-0.2, 0) is 14.6 Å². The summed E-state index contributed by atoms with van der Waals surface area (Å²) in [4.78, 5) is 0. The number of hydrogen-bond donors (Lipinski definition) is 2. The van der Waals surface area contributed by atoms with Crippen LogP contribution in [0.2, 0.25) is 0 Å². The third-order valence-corrected chi connectivity index (χ3v) is 1.40. The minimum Gasteiger partial charge on any atom is -0.391 e. The van der Waals surface area contributed by atoms with Gasteiger partial charge in [0.15, 0.2) is 0 Å². The molecule has 0 aromatic rings. The van der Waals surface area contributed by atoms with E-state index in [0.717, 1.165) is 18.1 Å². The van der Waals surface area contributed by atoms with Gasteiger partial charge >= 0.3 is 10.4 Å². The largest absolute Gasteiger partial charge is 0.397 e. The molecule has 0 saturated heterocycles. The molecule has 0 bridgehead atoms. The van der Waals surface area contributed by atoms with Crippen LogP contribution >= 0.6 is 0 Å². The summed E-state index contributed by atoms with van der Waals surface area (Å²) >= 11 is 0. The van der Waals surface area contributed by atoms with E-state index >= 15 is 0 Å². The van der Waals surface area contributed by atoms with Crippen molar-refractivity contribution < 1.29 is 26.7 Å². The summed E-state index contributed by atoms with van der Waals surface area (Å²) in [6.07, 6.45) is 0. The fourth-order valence-corrected chi connectivity index (χ4v) is 0.300. The fourth-order valence-electron chi connectivity index (χ4n) is 0.300. The van der Waals surface area contributed by atoms with Gasteiger partial charge in [-0.1, -0.05) is 0 Å². The molecule has 0 radical (unpaired) electrons. The van der Waals surface area contributed by atoms with Crippen molar-refractivity contribution in [2.24, 2.45) is 0 Å². The van der Waals surface area contributed by atoms with E-state index in [-0.39, 0.29) is 6.61 Å². The van der Waals surface area contributed by atoms with Gasteiger partial charge in [-0.15, -0.1) is 0 Å². The molecule has 0 aliphatic carbocycles. The Morgan fingerprint density at radius 3 is 1.62 bits per heavy atom. The lowest BCUT2D eigenvalue weighted by molar-refractivity contribution is -0.870. The predicted octanol–water partition coefficient (Wildman–Crippen LogP) is -0.879. The molecule has 0 aliphatic rings. The van der Waals surface area contributed by atoms with Crippen LogP contribution < -0.4 is 0 Å². The Kier molecular flexibility index (Phi) is 7.37. The first-order valence-corrected chi connectivity index (χ1v) is 4.93. The van der Waals surface area contributed by atoms with Crippen LogP contribution in [0.1, 0.15) is 0 Å². The van der Waals surface area contributed by atoms with Gasteiger partial charge in [-0.05, 0) is 0 Å². The van der Waals surface area contributed by atoms with E-state index < -0.39 is 10.4 Å². The molecule has 0 aromatic heterocycles. The Labute approximate surface area is 79.3 Å². The summed E-state index contributed by atoms with van der Waals surface area (Å²) in [6.45, 7) is 1.11. The molecule has 0 heterocycles. The standard InChI is InChI=1S/C5H14NO.CH4O4S/c1-6(2,3)4-5-7;1-5-6(2,3)4/h7H,4-5H2,1-3H3;1H3,(H,2,3,4)/q+1;. The quantitative estimate of drug-likeness (QED) is 0.473. The second-order valence-electron chi connectivity index (χ2n) is 3.33. The number of aliphatic hydroxyl groups excluding tert-OH is 1. The Bertz CT molecular complexity index is 206. The van der Waals surface area contributed by atoms with Gasteiger partial charge in [0, 0.05) is 0 Å². The highest BCUT2D eigenvalue weighted by atomic mass is 32.3. The van der Waals surface area contributed by atoms with Crippen LogP contribution in [0, 0.1) is 0 Å². The second kappa shape index (κ2) is 6.28. The second-order valence-corrected chi connectivity index (χ2v) is 4.52. The monoisotopic (exact) mass is 216 g/mol. The van der Waals surface area contributed by atoms with Gasteiger partial charge in [0.05, 0.1) is 34.9 Å². The molecule has 6 nitrogen and oxygen atoms in total. The van der Waals surface area contributed by atoms with Gasteiger partial charge in [0.25, 0.3) is 0 Å². The van der Waals surface area contributed by atoms with Crippen molar-refractivity contribution in [2.45, 2.75) is 0 Å². The molecule has 0 aromatic carbocycles. The molecule has 13 heavy (non-hydrogen) atoms. The van der Waals surface area contributed by atoms with E-state index in [1.807, 2.05) is 0 Å². The minimum atomic E-state index is -4.16. The first kappa shape index (κ1) is 15.3. The number of rotatable bonds is 3.